The predicted octanol–water partition coefficient (Wildman–Crippen LogP) is 3.39. The molecular formula is C16H21N3. The van der Waals surface area contributed by atoms with E-state index in [1.165, 1.54) is 16.7 Å². The highest BCUT2D eigenvalue weighted by Crippen LogP contribution is 2.17. The molecule has 3 nitrogen and oxygen atoms in total. The van der Waals surface area contributed by atoms with E-state index < -0.39 is 0 Å². The summed E-state index contributed by atoms with van der Waals surface area (Å²) < 4.78 is 0. The summed E-state index contributed by atoms with van der Waals surface area (Å²) in [7, 11) is 0. The van der Waals surface area contributed by atoms with Gasteiger partial charge in [-0.2, -0.15) is 0 Å². The fourth-order valence-corrected chi connectivity index (χ4v) is 2.27. The molecule has 0 fully saturated rings. The largest absolute Gasteiger partial charge is 0.384 e. The van der Waals surface area contributed by atoms with Crippen LogP contribution in [0.25, 0.3) is 0 Å². The standard InChI is InChI=1S/C16H21N3/c1-10(2)14-9-15(17)19-16(18-14)8-13-6-11(3)5-12(4)7-13/h5-7,9-10H,8H2,1-4H3,(H2,17,18,19). The third kappa shape index (κ3) is 3.53. The molecular weight excluding hydrogens is 234 g/mol. The molecule has 100 valence electrons. The Kier molecular flexibility index (Phi) is 3.84. The zero-order valence-electron chi connectivity index (χ0n) is 12.1. The van der Waals surface area contributed by atoms with Crippen molar-refractivity contribution in [3.8, 4) is 0 Å². The number of benzene rings is 1. The summed E-state index contributed by atoms with van der Waals surface area (Å²) in [5.74, 6) is 1.72. The van der Waals surface area contributed by atoms with Gasteiger partial charge < -0.3 is 5.73 Å². The van der Waals surface area contributed by atoms with Gasteiger partial charge in [0.05, 0.1) is 0 Å². The van der Waals surface area contributed by atoms with Crippen molar-refractivity contribution in [2.24, 2.45) is 0 Å². The summed E-state index contributed by atoms with van der Waals surface area (Å²) >= 11 is 0. The Balaban J connectivity index is 2.32. The lowest BCUT2D eigenvalue weighted by atomic mass is 10.0. The van der Waals surface area contributed by atoms with Crippen LogP contribution in [0.1, 0.15) is 48.0 Å². The number of nitrogens with two attached hydrogens (primary N) is 1. The van der Waals surface area contributed by atoms with Crippen molar-refractivity contribution in [1.82, 2.24) is 9.97 Å². The first kappa shape index (κ1) is 13.5. The fraction of sp³-hybridized carbons (Fsp3) is 0.375. The Morgan fingerprint density at radius 1 is 1.00 bits per heavy atom. The third-order valence-electron chi connectivity index (χ3n) is 3.05. The number of aryl methyl sites for hydroxylation is 2. The highest BCUT2D eigenvalue weighted by molar-refractivity contribution is 5.34. The van der Waals surface area contributed by atoms with Crippen molar-refractivity contribution in [2.75, 3.05) is 5.73 Å². The van der Waals surface area contributed by atoms with Gasteiger partial charge in [-0.1, -0.05) is 43.2 Å². The zero-order chi connectivity index (χ0) is 14.0. The van der Waals surface area contributed by atoms with Crippen molar-refractivity contribution in [3.63, 3.8) is 0 Å². The first-order chi connectivity index (χ1) is 8.94. The molecule has 0 unspecified atom stereocenters. The number of rotatable bonds is 3. The minimum absolute atomic E-state index is 0.364. The van der Waals surface area contributed by atoms with Gasteiger partial charge in [-0.25, -0.2) is 9.97 Å². The summed E-state index contributed by atoms with van der Waals surface area (Å²) in [6, 6.07) is 8.38. The van der Waals surface area contributed by atoms with Crippen LogP contribution >= 0.6 is 0 Å². The van der Waals surface area contributed by atoms with Gasteiger partial charge in [-0.15, -0.1) is 0 Å². The minimum Gasteiger partial charge on any atom is -0.384 e. The second-order valence-corrected chi connectivity index (χ2v) is 5.46. The third-order valence-corrected chi connectivity index (χ3v) is 3.05. The molecule has 0 spiro atoms. The molecule has 0 aliphatic heterocycles. The van der Waals surface area contributed by atoms with Gasteiger partial charge in [0.1, 0.15) is 11.6 Å². The molecule has 1 aromatic heterocycles. The topological polar surface area (TPSA) is 51.8 Å². The average Bonchev–Trinajstić information content (AvgIpc) is 2.26. The number of nitrogen functional groups attached to an aromatic ring is 1. The van der Waals surface area contributed by atoms with Gasteiger partial charge >= 0.3 is 0 Å². The second kappa shape index (κ2) is 5.39. The van der Waals surface area contributed by atoms with Gasteiger partial charge in [0.25, 0.3) is 0 Å². The van der Waals surface area contributed by atoms with E-state index in [2.05, 4.69) is 55.9 Å². The smallest absolute Gasteiger partial charge is 0.135 e. The maximum atomic E-state index is 5.86. The summed E-state index contributed by atoms with van der Waals surface area (Å²) in [5, 5.41) is 0. The lowest BCUT2D eigenvalue weighted by Gasteiger charge is -2.09. The van der Waals surface area contributed by atoms with Crippen LogP contribution in [0.3, 0.4) is 0 Å². The van der Waals surface area contributed by atoms with Crippen LogP contribution in [0.15, 0.2) is 24.3 Å². The molecule has 0 saturated carbocycles. The molecule has 2 aromatic rings. The van der Waals surface area contributed by atoms with Gasteiger partial charge in [-0.05, 0) is 25.3 Å². The first-order valence-corrected chi connectivity index (χ1v) is 6.64. The number of hydrogen-bond donors (Lipinski definition) is 1. The predicted molar refractivity (Wildman–Crippen MR) is 79.3 cm³/mol. The number of anilines is 1. The monoisotopic (exact) mass is 255 g/mol. The lowest BCUT2D eigenvalue weighted by molar-refractivity contribution is 0.793. The molecule has 0 radical (unpaired) electrons. The quantitative estimate of drug-likeness (QED) is 0.914. The Hall–Kier alpha value is -1.90. The summed E-state index contributed by atoms with van der Waals surface area (Å²) in [4.78, 5) is 8.93. The SMILES string of the molecule is Cc1cc(C)cc(Cc2nc(N)cc(C(C)C)n2)c1. The summed E-state index contributed by atoms with van der Waals surface area (Å²) in [6.45, 7) is 8.44. The normalized spacial score (nSPS) is 11.0. The van der Waals surface area contributed by atoms with E-state index in [-0.39, 0.29) is 0 Å². The number of hydrogen-bond acceptors (Lipinski definition) is 3. The van der Waals surface area contributed by atoms with E-state index in [0.29, 0.717) is 11.7 Å². The maximum Gasteiger partial charge on any atom is 0.135 e. The molecule has 0 bridgehead atoms. The molecule has 0 amide bonds. The molecule has 0 atom stereocenters. The van der Waals surface area contributed by atoms with E-state index in [9.17, 15) is 0 Å². The van der Waals surface area contributed by atoms with Crippen LogP contribution in [-0.4, -0.2) is 9.97 Å². The van der Waals surface area contributed by atoms with E-state index in [0.717, 1.165) is 17.9 Å². The molecule has 1 aromatic carbocycles. The van der Waals surface area contributed by atoms with Gasteiger partial charge in [-0.3, -0.25) is 0 Å². The van der Waals surface area contributed by atoms with E-state index in [1.54, 1.807) is 0 Å². The molecule has 1 heterocycles. The molecule has 0 saturated heterocycles. The summed E-state index contributed by atoms with van der Waals surface area (Å²) in [5.41, 5.74) is 10.6. The van der Waals surface area contributed by atoms with Crippen molar-refractivity contribution < 1.29 is 0 Å². The van der Waals surface area contributed by atoms with Crippen LogP contribution in [0.2, 0.25) is 0 Å². The molecule has 0 aliphatic carbocycles. The molecule has 19 heavy (non-hydrogen) atoms. The van der Waals surface area contributed by atoms with Crippen molar-refractivity contribution >= 4 is 5.82 Å². The molecule has 3 heteroatoms. The fourth-order valence-electron chi connectivity index (χ4n) is 2.27. The maximum absolute atomic E-state index is 5.86. The Bertz CT molecular complexity index is 568. The summed E-state index contributed by atoms with van der Waals surface area (Å²) in [6.07, 6.45) is 0.729. The molecule has 2 rings (SSSR count). The van der Waals surface area contributed by atoms with Crippen LogP contribution in [-0.2, 0) is 6.42 Å². The van der Waals surface area contributed by atoms with Crippen LogP contribution < -0.4 is 5.73 Å². The number of aromatic nitrogens is 2. The van der Waals surface area contributed by atoms with Gasteiger partial charge in [0.15, 0.2) is 0 Å². The van der Waals surface area contributed by atoms with E-state index in [4.69, 9.17) is 5.73 Å². The number of nitrogens with zero attached hydrogens (tertiary/aromatic N) is 2. The zero-order valence-corrected chi connectivity index (χ0v) is 12.1. The van der Waals surface area contributed by atoms with Crippen LogP contribution in [0, 0.1) is 13.8 Å². The highest BCUT2D eigenvalue weighted by Gasteiger charge is 2.07. The average molecular weight is 255 g/mol. The Morgan fingerprint density at radius 3 is 2.21 bits per heavy atom. The van der Waals surface area contributed by atoms with Gasteiger partial charge in [0.2, 0.25) is 0 Å². The van der Waals surface area contributed by atoms with E-state index >= 15 is 0 Å². The van der Waals surface area contributed by atoms with E-state index in [1.807, 2.05) is 6.07 Å². The van der Waals surface area contributed by atoms with Crippen molar-refractivity contribution in [3.05, 3.63) is 52.5 Å². The van der Waals surface area contributed by atoms with Crippen molar-refractivity contribution in [1.29, 1.82) is 0 Å². The first-order valence-electron chi connectivity index (χ1n) is 6.64. The Morgan fingerprint density at radius 2 is 1.63 bits per heavy atom. The van der Waals surface area contributed by atoms with Gasteiger partial charge in [0, 0.05) is 18.2 Å². The molecule has 2 N–H and O–H groups in total. The Labute approximate surface area is 114 Å². The highest BCUT2D eigenvalue weighted by atomic mass is 14.9. The minimum atomic E-state index is 0.364. The van der Waals surface area contributed by atoms with Crippen LogP contribution in [0.5, 0.6) is 0 Å². The van der Waals surface area contributed by atoms with Crippen molar-refractivity contribution in [2.45, 2.75) is 40.0 Å². The lowest BCUT2D eigenvalue weighted by Crippen LogP contribution is -2.05. The second-order valence-electron chi connectivity index (χ2n) is 5.46. The molecule has 0 aliphatic rings. The van der Waals surface area contributed by atoms with Crippen LogP contribution in [0.4, 0.5) is 5.82 Å².